The molecule has 0 aliphatic carbocycles. The highest BCUT2D eigenvalue weighted by atomic mass is 35.5. The van der Waals surface area contributed by atoms with Crippen LogP contribution in [0.3, 0.4) is 0 Å². The number of hydrogen-bond donors (Lipinski definition) is 0. The van der Waals surface area contributed by atoms with Gasteiger partial charge in [0.15, 0.2) is 0 Å². The fourth-order valence-corrected chi connectivity index (χ4v) is 1.58. The minimum atomic E-state index is -1.17. The summed E-state index contributed by atoms with van der Waals surface area (Å²) in [5.74, 6) is -2.31. The van der Waals surface area contributed by atoms with Crippen LogP contribution in [0.15, 0.2) is 24.3 Å². The number of benzene rings is 1. The molecule has 1 aromatic rings. The van der Waals surface area contributed by atoms with Gasteiger partial charge >= 0.3 is 17.9 Å². The molecule has 0 N–H and O–H groups in total. The molecule has 1 heterocycles. The lowest BCUT2D eigenvalue weighted by Gasteiger charge is -2.08. The molecule has 2 rings (SSSR count). The zero-order valence-electron chi connectivity index (χ0n) is 8.51. The third kappa shape index (κ3) is 2.45. The standard InChI is InChI=1S/C11H7ClO5/c12-7-4-2-1-3-6(7)10(14)16-8-5-9(13)17-11(8)15/h1-4,8H,5H2/t8-/m0/s1. The van der Waals surface area contributed by atoms with E-state index in [1.54, 1.807) is 12.1 Å². The van der Waals surface area contributed by atoms with E-state index < -0.39 is 24.0 Å². The van der Waals surface area contributed by atoms with Crippen LogP contribution in [-0.4, -0.2) is 24.0 Å². The molecule has 1 fully saturated rings. The first-order valence-corrected chi connectivity index (χ1v) is 5.16. The van der Waals surface area contributed by atoms with Gasteiger partial charge in [0.1, 0.15) is 0 Å². The van der Waals surface area contributed by atoms with Crippen molar-refractivity contribution in [2.24, 2.45) is 0 Å². The molecule has 88 valence electrons. The number of esters is 3. The van der Waals surface area contributed by atoms with Crippen LogP contribution in [0.25, 0.3) is 0 Å². The first-order valence-electron chi connectivity index (χ1n) is 4.78. The number of carbonyl (C=O) groups excluding carboxylic acids is 3. The molecule has 5 nitrogen and oxygen atoms in total. The van der Waals surface area contributed by atoms with E-state index in [9.17, 15) is 14.4 Å². The van der Waals surface area contributed by atoms with E-state index in [2.05, 4.69) is 4.74 Å². The molecule has 17 heavy (non-hydrogen) atoms. The Morgan fingerprint density at radius 3 is 2.65 bits per heavy atom. The van der Waals surface area contributed by atoms with Crippen molar-refractivity contribution in [1.82, 2.24) is 0 Å². The number of ether oxygens (including phenoxy) is 2. The largest absolute Gasteiger partial charge is 0.446 e. The van der Waals surface area contributed by atoms with Gasteiger partial charge in [0, 0.05) is 0 Å². The topological polar surface area (TPSA) is 69.7 Å². The fraction of sp³-hybridized carbons (Fsp3) is 0.182. The second-order valence-corrected chi connectivity index (χ2v) is 3.78. The molecular formula is C11H7ClO5. The summed E-state index contributed by atoms with van der Waals surface area (Å²) in [6.07, 6.45) is -1.43. The lowest BCUT2D eigenvalue weighted by molar-refractivity contribution is -0.154. The monoisotopic (exact) mass is 254 g/mol. The first kappa shape index (κ1) is 11.6. The summed E-state index contributed by atoms with van der Waals surface area (Å²) < 4.78 is 9.09. The summed E-state index contributed by atoms with van der Waals surface area (Å²) in [7, 11) is 0. The molecule has 0 unspecified atom stereocenters. The van der Waals surface area contributed by atoms with Crippen molar-refractivity contribution in [1.29, 1.82) is 0 Å². The molecule has 1 aliphatic heterocycles. The van der Waals surface area contributed by atoms with Gasteiger partial charge in [0.25, 0.3) is 0 Å². The highest BCUT2D eigenvalue weighted by molar-refractivity contribution is 6.33. The molecule has 0 bridgehead atoms. The smallest absolute Gasteiger partial charge is 0.355 e. The Bertz CT molecular complexity index is 496. The van der Waals surface area contributed by atoms with Gasteiger partial charge in [-0.3, -0.25) is 4.79 Å². The molecule has 1 saturated heterocycles. The van der Waals surface area contributed by atoms with Gasteiger partial charge in [-0.05, 0) is 12.1 Å². The van der Waals surface area contributed by atoms with Crippen LogP contribution < -0.4 is 0 Å². The minimum absolute atomic E-state index is 0.140. The van der Waals surface area contributed by atoms with Gasteiger partial charge in [-0.25, -0.2) is 9.59 Å². The molecule has 1 atom stereocenters. The molecule has 0 spiro atoms. The summed E-state index contributed by atoms with van der Waals surface area (Å²) in [5.41, 5.74) is 0.140. The van der Waals surface area contributed by atoms with Crippen molar-refractivity contribution in [2.75, 3.05) is 0 Å². The maximum atomic E-state index is 11.6. The number of cyclic esters (lactones) is 2. The molecule has 0 saturated carbocycles. The van der Waals surface area contributed by atoms with Crippen LogP contribution in [0.5, 0.6) is 0 Å². The average Bonchev–Trinajstić information content (AvgIpc) is 2.58. The van der Waals surface area contributed by atoms with E-state index in [1.807, 2.05) is 0 Å². The second kappa shape index (κ2) is 4.55. The van der Waals surface area contributed by atoms with Gasteiger partial charge in [0.05, 0.1) is 17.0 Å². The summed E-state index contributed by atoms with van der Waals surface area (Å²) in [5, 5.41) is 0.218. The Morgan fingerprint density at radius 1 is 1.35 bits per heavy atom. The Morgan fingerprint density at radius 2 is 2.06 bits per heavy atom. The van der Waals surface area contributed by atoms with Gasteiger partial charge in [-0.1, -0.05) is 23.7 Å². The number of carbonyl (C=O) groups is 3. The lowest BCUT2D eigenvalue weighted by Crippen LogP contribution is -2.22. The molecule has 6 heteroatoms. The normalized spacial score (nSPS) is 19.0. The van der Waals surface area contributed by atoms with Crippen LogP contribution in [0.4, 0.5) is 0 Å². The van der Waals surface area contributed by atoms with Crippen molar-refractivity contribution in [3.05, 3.63) is 34.9 Å². The van der Waals surface area contributed by atoms with Crippen molar-refractivity contribution in [2.45, 2.75) is 12.5 Å². The molecule has 0 amide bonds. The zero-order valence-corrected chi connectivity index (χ0v) is 9.27. The van der Waals surface area contributed by atoms with Gasteiger partial charge in [-0.15, -0.1) is 0 Å². The first-order chi connectivity index (χ1) is 8.08. The molecule has 1 aromatic carbocycles. The SMILES string of the molecule is O=C1C[C@H](OC(=O)c2ccccc2Cl)C(=O)O1. The number of halogens is 1. The lowest BCUT2D eigenvalue weighted by atomic mass is 10.2. The Labute approximate surface area is 101 Å². The third-order valence-electron chi connectivity index (χ3n) is 2.17. The van der Waals surface area contributed by atoms with Crippen LogP contribution in [0.1, 0.15) is 16.8 Å². The van der Waals surface area contributed by atoms with E-state index in [4.69, 9.17) is 16.3 Å². The second-order valence-electron chi connectivity index (χ2n) is 3.37. The Balaban J connectivity index is 2.10. The maximum absolute atomic E-state index is 11.6. The van der Waals surface area contributed by atoms with Crippen LogP contribution in [0, 0.1) is 0 Å². The predicted molar refractivity (Wildman–Crippen MR) is 56.4 cm³/mol. The van der Waals surface area contributed by atoms with Crippen molar-refractivity contribution >= 4 is 29.5 Å². The highest BCUT2D eigenvalue weighted by Gasteiger charge is 2.37. The number of hydrogen-bond acceptors (Lipinski definition) is 5. The minimum Gasteiger partial charge on any atom is -0.446 e. The third-order valence-corrected chi connectivity index (χ3v) is 2.50. The molecule has 0 aromatic heterocycles. The van der Waals surface area contributed by atoms with E-state index in [0.29, 0.717) is 0 Å². The van der Waals surface area contributed by atoms with E-state index >= 15 is 0 Å². The highest BCUT2D eigenvalue weighted by Crippen LogP contribution is 2.19. The van der Waals surface area contributed by atoms with Crippen LogP contribution in [0.2, 0.25) is 5.02 Å². The van der Waals surface area contributed by atoms with Crippen molar-refractivity contribution in [3.63, 3.8) is 0 Å². The number of rotatable bonds is 2. The maximum Gasteiger partial charge on any atom is 0.355 e. The zero-order chi connectivity index (χ0) is 12.4. The van der Waals surface area contributed by atoms with Gasteiger partial charge < -0.3 is 9.47 Å². The van der Waals surface area contributed by atoms with E-state index in [0.717, 1.165) is 0 Å². The average molecular weight is 255 g/mol. The Kier molecular flexibility index (Phi) is 3.10. The van der Waals surface area contributed by atoms with Gasteiger partial charge in [0.2, 0.25) is 6.10 Å². The summed E-state index contributed by atoms with van der Waals surface area (Å²) in [6, 6.07) is 6.26. The molecule has 0 radical (unpaired) electrons. The molecule has 1 aliphatic rings. The summed E-state index contributed by atoms with van der Waals surface area (Å²) in [6.45, 7) is 0. The van der Waals surface area contributed by atoms with E-state index in [1.165, 1.54) is 12.1 Å². The van der Waals surface area contributed by atoms with Crippen LogP contribution in [-0.2, 0) is 19.1 Å². The molecular weight excluding hydrogens is 248 g/mol. The van der Waals surface area contributed by atoms with Crippen molar-refractivity contribution < 1.29 is 23.9 Å². The summed E-state index contributed by atoms with van der Waals surface area (Å²) >= 11 is 5.79. The van der Waals surface area contributed by atoms with Gasteiger partial charge in [-0.2, -0.15) is 0 Å². The van der Waals surface area contributed by atoms with E-state index in [-0.39, 0.29) is 17.0 Å². The fourth-order valence-electron chi connectivity index (χ4n) is 1.36. The van der Waals surface area contributed by atoms with Crippen LogP contribution >= 0.6 is 11.6 Å². The quantitative estimate of drug-likeness (QED) is 0.588. The summed E-state index contributed by atoms with van der Waals surface area (Å²) in [4.78, 5) is 33.5. The predicted octanol–water partition coefficient (Wildman–Crippen LogP) is 1.34. The van der Waals surface area contributed by atoms with Crippen molar-refractivity contribution in [3.8, 4) is 0 Å². The Hall–Kier alpha value is -1.88.